The summed E-state index contributed by atoms with van der Waals surface area (Å²) in [7, 11) is 0. The molecule has 0 atom stereocenters. The van der Waals surface area contributed by atoms with Gasteiger partial charge in [0.2, 0.25) is 0 Å². The van der Waals surface area contributed by atoms with Crippen LogP contribution in [0.5, 0.6) is 0 Å². The van der Waals surface area contributed by atoms with Gasteiger partial charge in [-0.2, -0.15) is 5.10 Å². The van der Waals surface area contributed by atoms with Crippen molar-refractivity contribution in [3.05, 3.63) is 48.5 Å². The SMILES string of the molecule is O=C(Nc1ccccn1)c1n[nH]c2ccncc12. The normalized spacial score (nSPS) is 10.4. The van der Waals surface area contributed by atoms with Gasteiger partial charge in [0.15, 0.2) is 5.69 Å². The maximum Gasteiger partial charge on any atom is 0.278 e. The second-order valence-electron chi connectivity index (χ2n) is 3.66. The molecule has 0 aliphatic rings. The number of pyridine rings is 2. The molecule has 6 nitrogen and oxygen atoms in total. The van der Waals surface area contributed by atoms with Gasteiger partial charge in [0.25, 0.3) is 5.91 Å². The monoisotopic (exact) mass is 239 g/mol. The van der Waals surface area contributed by atoms with Crippen LogP contribution in [0.4, 0.5) is 5.82 Å². The Morgan fingerprint density at radius 1 is 1.22 bits per heavy atom. The van der Waals surface area contributed by atoms with E-state index in [-0.39, 0.29) is 5.91 Å². The topological polar surface area (TPSA) is 83.6 Å². The van der Waals surface area contributed by atoms with E-state index in [2.05, 4.69) is 25.5 Å². The molecular formula is C12H9N5O. The highest BCUT2D eigenvalue weighted by atomic mass is 16.2. The molecule has 0 aromatic carbocycles. The van der Waals surface area contributed by atoms with Crippen molar-refractivity contribution in [2.75, 3.05) is 5.32 Å². The zero-order valence-corrected chi connectivity index (χ0v) is 9.29. The molecule has 88 valence electrons. The van der Waals surface area contributed by atoms with E-state index in [1.807, 2.05) is 0 Å². The van der Waals surface area contributed by atoms with Crippen LogP contribution in [-0.4, -0.2) is 26.1 Å². The molecule has 2 N–H and O–H groups in total. The van der Waals surface area contributed by atoms with E-state index in [0.29, 0.717) is 16.9 Å². The maximum atomic E-state index is 12.0. The van der Waals surface area contributed by atoms with E-state index in [9.17, 15) is 4.79 Å². The van der Waals surface area contributed by atoms with Crippen molar-refractivity contribution in [2.24, 2.45) is 0 Å². The van der Waals surface area contributed by atoms with Crippen LogP contribution in [0.25, 0.3) is 10.9 Å². The lowest BCUT2D eigenvalue weighted by molar-refractivity contribution is 0.102. The van der Waals surface area contributed by atoms with E-state index in [1.165, 1.54) is 0 Å². The molecule has 0 saturated carbocycles. The molecule has 6 heteroatoms. The molecule has 0 spiro atoms. The first-order valence-corrected chi connectivity index (χ1v) is 5.35. The van der Waals surface area contributed by atoms with E-state index < -0.39 is 0 Å². The number of H-pyrrole nitrogens is 1. The Kier molecular flexibility index (Phi) is 2.45. The molecule has 3 aromatic heterocycles. The molecule has 18 heavy (non-hydrogen) atoms. The Balaban J connectivity index is 1.93. The molecule has 3 rings (SSSR count). The van der Waals surface area contributed by atoms with Gasteiger partial charge in [-0.15, -0.1) is 0 Å². The molecule has 1 amide bonds. The van der Waals surface area contributed by atoms with Crippen molar-refractivity contribution in [3.63, 3.8) is 0 Å². The van der Waals surface area contributed by atoms with E-state index >= 15 is 0 Å². The number of hydrogen-bond acceptors (Lipinski definition) is 4. The first kappa shape index (κ1) is 10.4. The highest BCUT2D eigenvalue weighted by Crippen LogP contribution is 2.14. The average Bonchev–Trinajstić information content (AvgIpc) is 2.84. The molecule has 0 aliphatic carbocycles. The summed E-state index contributed by atoms with van der Waals surface area (Å²) in [5.41, 5.74) is 1.08. The van der Waals surface area contributed by atoms with Crippen molar-refractivity contribution in [2.45, 2.75) is 0 Å². The van der Waals surface area contributed by atoms with Crippen LogP contribution >= 0.6 is 0 Å². The van der Waals surface area contributed by atoms with Gasteiger partial charge in [0, 0.05) is 18.6 Å². The fraction of sp³-hybridized carbons (Fsp3) is 0. The smallest absolute Gasteiger partial charge is 0.278 e. The molecule has 0 saturated heterocycles. The van der Waals surface area contributed by atoms with Crippen molar-refractivity contribution in [1.82, 2.24) is 20.2 Å². The number of carbonyl (C=O) groups is 1. The van der Waals surface area contributed by atoms with Crippen LogP contribution in [0.2, 0.25) is 0 Å². The van der Waals surface area contributed by atoms with Crippen LogP contribution < -0.4 is 5.32 Å². The summed E-state index contributed by atoms with van der Waals surface area (Å²) in [6, 6.07) is 7.06. The number of nitrogens with one attached hydrogen (secondary N) is 2. The van der Waals surface area contributed by atoms with Crippen molar-refractivity contribution in [1.29, 1.82) is 0 Å². The molecule has 3 heterocycles. The lowest BCUT2D eigenvalue weighted by Gasteiger charge is -2.01. The van der Waals surface area contributed by atoms with Crippen molar-refractivity contribution in [3.8, 4) is 0 Å². The third-order valence-electron chi connectivity index (χ3n) is 2.49. The number of nitrogens with zero attached hydrogens (tertiary/aromatic N) is 3. The summed E-state index contributed by atoms with van der Waals surface area (Å²) in [6.07, 6.45) is 4.85. The Morgan fingerprint density at radius 3 is 3.00 bits per heavy atom. The van der Waals surface area contributed by atoms with E-state index in [4.69, 9.17) is 0 Å². The van der Waals surface area contributed by atoms with Crippen molar-refractivity contribution >= 4 is 22.6 Å². The molecule has 3 aromatic rings. The number of rotatable bonds is 2. The van der Waals surface area contributed by atoms with Gasteiger partial charge in [-0.05, 0) is 18.2 Å². The quantitative estimate of drug-likeness (QED) is 0.711. The fourth-order valence-corrected chi connectivity index (χ4v) is 1.64. The third-order valence-corrected chi connectivity index (χ3v) is 2.49. The minimum atomic E-state index is -0.312. The minimum Gasteiger partial charge on any atom is -0.305 e. The fourth-order valence-electron chi connectivity index (χ4n) is 1.64. The van der Waals surface area contributed by atoms with Gasteiger partial charge in [0.05, 0.1) is 10.9 Å². The van der Waals surface area contributed by atoms with Gasteiger partial charge < -0.3 is 5.32 Å². The van der Waals surface area contributed by atoms with Gasteiger partial charge in [-0.25, -0.2) is 4.98 Å². The lowest BCUT2D eigenvalue weighted by atomic mass is 10.2. The summed E-state index contributed by atoms with van der Waals surface area (Å²) < 4.78 is 0. The molecule has 0 unspecified atom stereocenters. The number of carbonyl (C=O) groups excluding carboxylic acids is 1. The molecular weight excluding hydrogens is 230 g/mol. The zero-order valence-electron chi connectivity index (χ0n) is 9.29. The maximum absolute atomic E-state index is 12.0. The summed E-state index contributed by atoms with van der Waals surface area (Å²) in [6.45, 7) is 0. The third kappa shape index (κ3) is 1.80. The Hall–Kier alpha value is -2.76. The highest BCUT2D eigenvalue weighted by molar-refractivity contribution is 6.10. The largest absolute Gasteiger partial charge is 0.305 e. The van der Waals surface area contributed by atoms with E-state index in [1.54, 1.807) is 42.9 Å². The van der Waals surface area contributed by atoms with Crippen LogP contribution in [0, 0.1) is 0 Å². The Bertz CT molecular complexity index is 692. The van der Waals surface area contributed by atoms with Crippen LogP contribution in [0.15, 0.2) is 42.9 Å². The number of amides is 1. The second-order valence-corrected chi connectivity index (χ2v) is 3.66. The number of anilines is 1. The highest BCUT2D eigenvalue weighted by Gasteiger charge is 2.14. The predicted octanol–water partition coefficient (Wildman–Crippen LogP) is 1.61. The molecule has 0 bridgehead atoms. The van der Waals surface area contributed by atoms with Crippen LogP contribution in [0.1, 0.15) is 10.5 Å². The van der Waals surface area contributed by atoms with Gasteiger partial charge >= 0.3 is 0 Å². The number of hydrogen-bond donors (Lipinski definition) is 2. The second kappa shape index (κ2) is 4.25. The number of aromatic amines is 1. The predicted molar refractivity (Wildman–Crippen MR) is 66.1 cm³/mol. The van der Waals surface area contributed by atoms with Crippen molar-refractivity contribution < 1.29 is 4.79 Å². The molecule has 0 radical (unpaired) electrons. The minimum absolute atomic E-state index is 0.309. The zero-order chi connectivity index (χ0) is 12.4. The van der Waals surface area contributed by atoms with E-state index in [0.717, 1.165) is 5.52 Å². The summed E-state index contributed by atoms with van der Waals surface area (Å²) >= 11 is 0. The van der Waals surface area contributed by atoms with Gasteiger partial charge in [-0.3, -0.25) is 14.9 Å². The van der Waals surface area contributed by atoms with Crippen LogP contribution in [-0.2, 0) is 0 Å². The first-order valence-electron chi connectivity index (χ1n) is 5.35. The molecule has 0 aliphatic heterocycles. The van der Waals surface area contributed by atoms with Crippen LogP contribution in [0.3, 0.4) is 0 Å². The van der Waals surface area contributed by atoms with Gasteiger partial charge in [-0.1, -0.05) is 6.07 Å². The summed E-state index contributed by atoms with van der Waals surface area (Å²) in [5.74, 6) is 0.176. The Labute approximate surface area is 102 Å². The average molecular weight is 239 g/mol. The summed E-state index contributed by atoms with van der Waals surface area (Å²) in [4.78, 5) is 20.0. The summed E-state index contributed by atoms with van der Waals surface area (Å²) in [5, 5.41) is 10.1. The number of fused-ring (bicyclic) bond motifs is 1. The standard InChI is InChI=1S/C12H9N5O/c18-12(15-10-3-1-2-5-14-10)11-8-7-13-6-4-9(8)16-17-11/h1-7H,(H,16,17)(H,14,15,18). The first-order chi connectivity index (χ1) is 8.84. The van der Waals surface area contributed by atoms with Gasteiger partial charge in [0.1, 0.15) is 5.82 Å². The number of aromatic nitrogens is 4. The molecule has 0 fully saturated rings. The Morgan fingerprint density at radius 2 is 2.17 bits per heavy atom. The lowest BCUT2D eigenvalue weighted by Crippen LogP contribution is -2.13.